The lowest BCUT2D eigenvalue weighted by molar-refractivity contribution is -0.162. The zero-order valence-electron chi connectivity index (χ0n) is 22.5. The Labute approximate surface area is 223 Å². The third kappa shape index (κ3) is 6.75. The van der Waals surface area contributed by atoms with Gasteiger partial charge in [0.25, 0.3) is 0 Å². The zero-order valence-corrected chi connectivity index (χ0v) is 22.5. The lowest BCUT2D eigenvalue weighted by Crippen LogP contribution is -2.54. The van der Waals surface area contributed by atoms with Gasteiger partial charge in [0.1, 0.15) is 5.60 Å². The first-order valence-corrected chi connectivity index (χ1v) is 13.4. The molecule has 2 fully saturated rings. The first-order valence-electron chi connectivity index (χ1n) is 13.4. The normalized spacial score (nSPS) is 21.3. The van der Waals surface area contributed by atoms with Crippen molar-refractivity contribution < 1.29 is 28.7 Å². The Balaban J connectivity index is 1.25. The number of para-hydroxylation sites is 1. The van der Waals surface area contributed by atoms with Crippen LogP contribution >= 0.6 is 0 Å². The van der Waals surface area contributed by atoms with Crippen LogP contribution in [-0.4, -0.2) is 82.2 Å². The summed E-state index contributed by atoms with van der Waals surface area (Å²) < 4.78 is 11.0. The Bertz CT molecular complexity index is 1050. The van der Waals surface area contributed by atoms with Crippen molar-refractivity contribution in [3.63, 3.8) is 0 Å². The van der Waals surface area contributed by atoms with Crippen LogP contribution in [0.1, 0.15) is 64.9 Å². The molecule has 0 aromatic heterocycles. The van der Waals surface area contributed by atoms with Crippen LogP contribution < -0.4 is 11.1 Å². The van der Waals surface area contributed by atoms with Gasteiger partial charge in [0.05, 0.1) is 12.5 Å². The standard InChI is InChI=1S/C27H39N5O6/c1-27(2,3)38-26(36)31-13-7-6-10-22(31)37-23(33)16-20(28)24(34)30-14-11-19(12-15-30)32-17-18-8-4-5-9-21(18)29-25(32)35/h4-5,8-9,19-20,22H,6-7,10-17,28H2,1-3H3,(H,29,35). The highest BCUT2D eigenvalue weighted by Crippen LogP contribution is 2.28. The van der Waals surface area contributed by atoms with E-state index in [2.05, 4.69) is 5.32 Å². The molecule has 0 bridgehead atoms. The number of carbonyl (C=O) groups is 4. The van der Waals surface area contributed by atoms with Gasteiger partial charge < -0.3 is 30.3 Å². The number of hydrogen-bond acceptors (Lipinski definition) is 7. The summed E-state index contributed by atoms with van der Waals surface area (Å²) >= 11 is 0. The minimum atomic E-state index is -1.04. The maximum atomic E-state index is 13.0. The summed E-state index contributed by atoms with van der Waals surface area (Å²) in [5.74, 6) is -0.939. The van der Waals surface area contributed by atoms with E-state index in [1.165, 1.54) is 4.90 Å². The molecule has 4 amide bonds. The molecule has 38 heavy (non-hydrogen) atoms. The van der Waals surface area contributed by atoms with E-state index < -0.39 is 29.9 Å². The van der Waals surface area contributed by atoms with Crippen molar-refractivity contribution in [2.45, 2.75) is 89.8 Å². The van der Waals surface area contributed by atoms with Crippen molar-refractivity contribution in [2.75, 3.05) is 25.0 Å². The number of likely N-dealkylation sites (tertiary alicyclic amines) is 2. The number of nitrogens with zero attached hydrogens (tertiary/aromatic N) is 3. The number of amides is 4. The number of fused-ring (bicyclic) bond motifs is 1. The molecule has 11 heteroatoms. The van der Waals surface area contributed by atoms with Gasteiger partial charge in [0.15, 0.2) is 6.23 Å². The number of hydrogen-bond donors (Lipinski definition) is 2. The molecule has 2 atom stereocenters. The number of piperidine rings is 2. The molecule has 0 aliphatic carbocycles. The maximum Gasteiger partial charge on any atom is 0.413 e. The Morgan fingerprint density at radius 3 is 2.50 bits per heavy atom. The lowest BCUT2D eigenvalue weighted by Gasteiger charge is -2.41. The number of carbonyl (C=O) groups excluding carboxylic acids is 4. The van der Waals surface area contributed by atoms with Gasteiger partial charge in [-0.05, 0) is 58.1 Å². The average molecular weight is 530 g/mol. The molecule has 1 aromatic rings. The largest absolute Gasteiger partial charge is 0.444 e. The highest BCUT2D eigenvalue weighted by Gasteiger charge is 2.36. The molecule has 11 nitrogen and oxygen atoms in total. The van der Waals surface area contributed by atoms with Gasteiger partial charge in [-0.25, -0.2) is 9.59 Å². The summed E-state index contributed by atoms with van der Waals surface area (Å²) in [5.41, 5.74) is 7.35. The van der Waals surface area contributed by atoms with E-state index >= 15 is 0 Å². The second-order valence-electron chi connectivity index (χ2n) is 11.2. The Morgan fingerprint density at radius 1 is 1.08 bits per heavy atom. The fourth-order valence-corrected chi connectivity index (χ4v) is 5.17. The van der Waals surface area contributed by atoms with Crippen LogP contribution in [0.3, 0.4) is 0 Å². The molecular formula is C27H39N5O6. The smallest absolute Gasteiger partial charge is 0.413 e. The van der Waals surface area contributed by atoms with Crippen LogP contribution in [-0.2, 0) is 25.6 Å². The summed E-state index contributed by atoms with van der Waals surface area (Å²) in [5, 5.41) is 2.94. The molecule has 0 radical (unpaired) electrons. The van der Waals surface area contributed by atoms with Gasteiger partial charge in [-0.3, -0.25) is 14.5 Å². The maximum absolute atomic E-state index is 13.0. The molecular weight excluding hydrogens is 490 g/mol. The average Bonchev–Trinajstić information content (AvgIpc) is 2.87. The molecule has 0 saturated carbocycles. The molecule has 208 valence electrons. The zero-order chi connectivity index (χ0) is 27.4. The van der Waals surface area contributed by atoms with Crippen molar-refractivity contribution >= 4 is 29.7 Å². The molecule has 3 heterocycles. The minimum absolute atomic E-state index is 0.0127. The monoisotopic (exact) mass is 529 g/mol. The predicted molar refractivity (Wildman–Crippen MR) is 140 cm³/mol. The summed E-state index contributed by atoms with van der Waals surface area (Å²) in [7, 11) is 0. The molecule has 3 N–H and O–H groups in total. The molecule has 1 aromatic carbocycles. The topological polar surface area (TPSA) is 135 Å². The van der Waals surface area contributed by atoms with Gasteiger partial charge in [-0.15, -0.1) is 0 Å². The minimum Gasteiger partial charge on any atom is -0.444 e. The Morgan fingerprint density at radius 2 is 1.79 bits per heavy atom. The molecule has 3 aliphatic heterocycles. The van der Waals surface area contributed by atoms with E-state index in [-0.39, 0.29) is 24.4 Å². The van der Waals surface area contributed by atoms with Gasteiger partial charge in [-0.2, -0.15) is 0 Å². The van der Waals surface area contributed by atoms with Gasteiger partial charge in [0.2, 0.25) is 5.91 Å². The molecule has 4 rings (SSSR count). The number of urea groups is 1. The van der Waals surface area contributed by atoms with Gasteiger partial charge in [-0.1, -0.05) is 18.2 Å². The highest BCUT2D eigenvalue weighted by molar-refractivity contribution is 5.92. The highest BCUT2D eigenvalue weighted by atomic mass is 16.6. The van der Waals surface area contributed by atoms with E-state index in [0.717, 1.165) is 24.1 Å². The lowest BCUT2D eigenvalue weighted by atomic mass is 10.00. The summed E-state index contributed by atoms with van der Waals surface area (Å²) in [6, 6.07) is 6.58. The van der Waals surface area contributed by atoms with E-state index in [9.17, 15) is 19.2 Å². The van der Waals surface area contributed by atoms with Crippen LogP contribution in [0.25, 0.3) is 0 Å². The Hall–Kier alpha value is -3.34. The van der Waals surface area contributed by atoms with Crippen molar-refractivity contribution in [3.05, 3.63) is 29.8 Å². The molecule has 0 spiro atoms. The van der Waals surface area contributed by atoms with E-state index in [1.807, 2.05) is 29.2 Å². The van der Waals surface area contributed by atoms with Crippen molar-refractivity contribution in [2.24, 2.45) is 5.73 Å². The number of benzene rings is 1. The van der Waals surface area contributed by atoms with Crippen LogP contribution in [0.2, 0.25) is 0 Å². The second-order valence-corrected chi connectivity index (χ2v) is 11.2. The van der Waals surface area contributed by atoms with Gasteiger partial charge >= 0.3 is 18.1 Å². The fourth-order valence-electron chi connectivity index (χ4n) is 5.17. The van der Waals surface area contributed by atoms with Crippen LogP contribution in [0.5, 0.6) is 0 Å². The number of nitrogens with two attached hydrogens (primary N) is 1. The van der Waals surface area contributed by atoms with E-state index in [4.69, 9.17) is 15.2 Å². The third-order valence-electron chi connectivity index (χ3n) is 7.12. The number of rotatable bonds is 5. The van der Waals surface area contributed by atoms with Crippen molar-refractivity contribution in [1.29, 1.82) is 0 Å². The quantitative estimate of drug-likeness (QED) is 0.560. The number of anilines is 1. The first-order chi connectivity index (χ1) is 18.0. The van der Waals surface area contributed by atoms with E-state index in [0.29, 0.717) is 45.4 Å². The van der Waals surface area contributed by atoms with Gasteiger partial charge in [0, 0.05) is 44.3 Å². The van der Waals surface area contributed by atoms with E-state index in [1.54, 1.807) is 25.7 Å². The second kappa shape index (κ2) is 11.6. The SMILES string of the molecule is CC(C)(C)OC(=O)N1CCCCC1OC(=O)CC(N)C(=O)N1CCC(N2Cc3ccccc3NC2=O)CC1. The molecule has 3 aliphatic rings. The number of esters is 1. The summed E-state index contributed by atoms with van der Waals surface area (Å²) in [6.45, 7) is 7.22. The van der Waals surface area contributed by atoms with Crippen molar-refractivity contribution in [3.8, 4) is 0 Å². The predicted octanol–water partition coefficient (Wildman–Crippen LogP) is 3.03. The van der Waals surface area contributed by atoms with Crippen molar-refractivity contribution in [1.82, 2.24) is 14.7 Å². The Kier molecular flexibility index (Phi) is 8.44. The van der Waals surface area contributed by atoms with Crippen LogP contribution in [0.4, 0.5) is 15.3 Å². The number of ether oxygens (including phenoxy) is 2. The fraction of sp³-hybridized carbons (Fsp3) is 0.630. The summed E-state index contributed by atoms with van der Waals surface area (Å²) in [4.78, 5) is 55.7. The molecule has 2 unspecified atom stereocenters. The summed E-state index contributed by atoms with van der Waals surface area (Å²) in [6.07, 6.45) is 1.86. The molecule has 2 saturated heterocycles. The third-order valence-corrected chi connectivity index (χ3v) is 7.12. The number of nitrogens with one attached hydrogen (secondary N) is 1. The van der Waals surface area contributed by atoms with Crippen LogP contribution in [0.15, 0.2) is 24.3 Å². The van der Waals surface area contributed by atoms with Crippen LogP contribution in [0, 0.1) is 0 Å². The first kappa shape index (κ1) is 27.7.